The number of nitrogens with zero attached hydrogens (tertiary/aromatic N) is 3. The monoisotopic (exact) mass is 426 g/mol. The molecule has 0 bridgehead atoms. The van der Waals surface area contributed by atoms with Gasteiger partial charge < -0.3 is 24.3 Å². The number of carbonyl (C=O) groups is 2. The van der Waals surface area contributed by atoms with Gasteiger partial charge in [-0.2, -0.15) is 4.98 Å². The summed E-state index contributed by atoms with van der Waals surface area (Å²) in [7, 11) is 0. The molecule has 9 nitrogen and oxygen atoms in total. The Kier molecular flexibility index (Phi) is 7.07. The Labute approximate surface area is 179 Å². The molecule has 1 saturated heterocycles. The van der Waals surface area contributed by atoms with Crippen molar-refractivity contribution in [2.45, 2.75) is 26.2 Å². The number of oxazole rings is 1. The molecule has 4 rings (SSSR count). The molecule has 164 valence electrons. The highest BCUT2D eigenvalue weighted by Crippen LogP contribution is 2.23. The fourth-order valence-corrected chi connectivity index (χ4v) is 3.61. The van der Waals surface area contributed by atoms with E-state index in [1.165, 1.54) is 6.07 Å². The zero-order chi connectivity index (χ0) is 22.4. The Bertz CT molecular complexity index is 1070. The Balaban J connectivity index is 0.000000858. The largest absolute Gasteiger partial charge is 0.483 e. The van der Waals surface area contributed by atoms with E-state index in [2.05, 4.69) is 14.9 Å². The van der Waals surface area contributed by atoms with Crippen LogP contribution in [0.2, 0.25) is 0 Å². The van der Waals surface area contributed by atoms with Crippen molar-refractivity contribution in [1.82, 2.24) is 14.9 Å². The van der Waals surface area contributed by atoms with Crippen molar-refractivity contribution >= 4 is 29.5 Å². The van der Waals surface area contributed by atoms with E-state index < -0.39 is 0 Å². The van der Waals surface area contributed by atoms with Crippen molar-refractivity contribution < 1.29 is 19.1 Å². The lowest BCUT2D eigenvalue weighted by Crippen LogP contribution is -2.36. The van der Waals surface area contributed by atoms with E-state index in [0.717, 1.165) is 24.1 Å². The first-order valence-electron chi connectivity index (χ1n) is 10.2. The molecular formula is C22H26N4O5. The molecule has 3 heterocycles. The standard InChI is InChI=1S/C21H24N4O3.CH2O2/c1-14(2)19-15(8-9-18(26)23-19)20(27)24-10-5-11-25(13-12-24)21-22-16-6-3-4-7-17(16)28-21;2-1-3/h3-4,6-9,14H,5,10-13H2,1-2H3,(H,23,26);1H,(H,2,3). The number of para-hydroxylation sites is 2. The minimum atomic E-state index is -0.250. The van der Waals surface area contributed by atoms with Gasteiger partial charge in [-0.05, 0) is 30.5 Å². The number of aromatic nitrogens is 2. The number of benzene rings is 1. The smallest absolute Gasteiger partial charge is 0.298 e. The molecule has 1 amide bonds. The number of fused-ring (bicyclic) bond motifs is 1. The topological polar surface area (TPSA) is 120 Å². The summed E-state index contributed by atoms with van der Waals surface area (Å²) in [5, 5.41) is 6.89. The van der Waals surface area contributed by atoms with Crippen LogP contribution in [-0.4, -0.2) is 58.5 Å². The number of rotatable bonds is 3. The molecule has 9 heteroatoms. The van der Waals surface area contributed by atoms with E-state index in [0.29, 0.717) is 36.9 Å². The average Bonchev–Trinajstić information content (AvgIpc) is 3.03. The Hall–Kier alpha value is -3.62. The molecule has 2 N–H and O–H groups in total. The summed E-state index contributed by atoms with van der Waals surface area (Å²) in [5.74, 6) is 0.0236. The molecule has 0 spiro atoms. The number of hydrogen-bond donors (Lipinski definition) is 2. The van der Waals surface area contributed by atoms with E-state index in [1.807, 2.05) is 43.0 Å². The number of carboxylic acid groups (broad SMARTS) is 1. The van der Waals surface area contributed by atoms with Crippen molar-refractivity contribution in [2.75, 3.05) is 31.1 Å². The Morgan fingerprint density at radius 1 is 1.16 bits per heavy atom. The minimum Gasteiger partial charge on any atom is -0.483 e. The van der Waals surface area contributed by atoms with Crippen LogP contribution in [0.1, 0.15) is 42.2 Å². The lowest BCUT2D eigenvalue weighted by Gasteiger charge is -2.23. The minimum absolute atomic E-state index is 0.0423. The summed E-state index contributed by atoms with van der Waals surface area (Å²) in [6.07, 6.45) is 0.824. The van der Waals surface area contributed by atoms with E-state index in [4.69, 9.17) is 14.3 Å². The van der Waals surface area contributed by atoms with Crippen molar-refractivity contribution in [3.63, 3.8) is 0 Å². The van der Waals surface area contributed by atoms with Gasteiger partial charge in [-0.3, -0.25) is 14.4 Å². The van der Waals surface area contributed by atoms with Crippen LogP contribution in [0.25, 0.3) is 11.1 Å². The number of nitrogens with one attached hydrogen (secondary N) is 1. The van der Waals surface area contributed by atoms with E-state index >= 15 is 0 Å². The average molecular weight is 426 g/mol. The van der Waals surface area contributed by atoms with Gasteiger partial charge in [-0.25, -0.2) is 0 Å². The van der Waals surface area contributed by atoms with Crippen LogP contribution in [0.4, 0.5) is 6.01 Å². The molecule has 0 atom stereocenters. The summed E-state index contributed by atoms with van der Waals surface area (Å²) in [5.41, 5.74) is 2.69. The Morgan fingerprint density at radius 3 is 2.61 bits per heavy atom. The molecule has 0 saturated carbocycles. The highest BCUT2D eigenvalue weighted by Gasteiger charge is 2.25. The van der Waals surface area contributed by atoms with Gasteiger partial charge in [-0.1, -0.05) is 26.0 Å². The van der Waals surface area contributed by atoms with E-state index in [1.54, 1.807) is 6.07 Å². The third-order valence-electron chi connectivity index (χ3n) is 5.09. The molecular weight excluding hydrogens is 400 g/mol. The van der Waals surface area contributed by atoms with Gasteiger partial charge in [0, 0.05) is 37.9 Å². The highest BCUT2D eigenvalue weighted by molar-refractivity contribution is 5.95. The number of aromatic amines is 1. The summed E-state index contributed by atoms with van der Waals surface area (Å²) in [4.78, 5) is 44.5. The third kappa shape index (κ3) is 5.11. The summed E-state index contributed by atoms with van der Waals surface area (Å²) >= 11 is 0. The first kappa shape index (κ1) is 22.1. The molecule has 0 unspecified atom stereocenters. The van der Waals surface area contributed by atoms with Crippen molar-refractivity contribution in [3.05, 3.63) is 58.0 Å². The lowest BCUT2D eigenvalue weighted by molar-refractivity contribution is -0.122. The lowest BCUT2D eigenvalue weighted by atomic mass is 10.0. The van der Waals surface area contributed by atoms with Crippen LogP contribution in [0.15, 0.2) is 45.6 Å². The van der Waals surface area contributed by atoms with Gasteiger partial charge in [0.05, 0.1) is 5.56 Å². The predicted octanol–water partition coefficient (Wildman–Crippen LogP) is 2.69. The third-order valence-corrected chi connectivity index (χ3v) is 5.09. The molecule has 1 fully saturated rings. The van der Waals surface area contributed by atoms with E-state index in [9.17, 15) is 9.59 Å². The second-order valence-corrected chi connectivity index (χ2v) is 7.51. The van der Waals surface area contributed by atoms with Gasteiger partial charge in [0.2, 0.25) is 5.56 Å². The number of hydrogen-bond acceptors (Lipinski definition) is 6. The van der Waals surface area contributed by atoms with Crippen LogP contribution in [0, 0.1) is 0 Å². The molecule has 1 aromatic carbocycles. The molecule has 1 aliphatic heterocycles. The number of carbonyl (C=O) groups excluding carboxylic acids is 1. The number of pyridine rings is 1. The predicted molar refractivity (Wildman–Crippen MR) is 117 cm³/mol. The van der Waals surface area contributed by atoms with Crippen molar-refractivity contribution in [1.29, 1.82) is 0 Å². The van der Waals surface area contributed by atoms with Crippen LogP contribution < -0.4 is 10.5 Å². The summed E-state index contributed by atoms with van der Waals surface area (Å²) in [6.45, 7) is 6.36. The molecule has 0 aliphatic carbocycles. The summed E-state index contributed by atoms with van der Waals surface area (Å²) in [6, 6.07) is 11.4. The van der Waals surface area contributed by atoms with Gasteiger partial charge >= 0.3 is 0 Å². The van der Waals surface area contributed by atoms with Crippen LogP contribution >= 0.6 is 0 Å². The van der Waals surface area contributed by atoms with Crippen LogP contribution in [0.3, 0.4) is 0 Å². The highest BCUT2D eigenvalue weighted by atomic mass is 16.4. The zero-order valence-electron chi connectivity index (χ0n) is 17.6. The summed E-state index contributed by atoms with van der Waals surface area (Å²) < 4.78 is 5.88. The SMILES string of the molecule is CC(C)c1[nH]c(=O)ccc1C(=O)N1CCCN(c2nc3ccccc3o2)CC1.O=CO. The first-order chi connectivity index (χ1) is 14.9. The van der Waals surface area contributed by atoms with Gasteiger partial charge in [0.15, 0.2) is 5.58 Å². The molecule has 31 heavy (non-hydrogen) atoms. The number of H-pyrrole nitrogens is 1. The number of anilines is 1. The maximum absolute atomic E-state index is 13.1. The zero-order valence-corrected chi connectivity index (χ0v) is 17.6. The van der Waals surface area contributed by atoms with Gasteiger partial charge in [-0.15, -0.1) is 0 Å². The van der Waals surface area contributed by atoms with E-state index in [-0.39, 0.29) is 23.9 Å². The Morgan fingerprint density at radius 2 is 1.90 bits per heavy atom. The molecule has 2 aromatic heterocycles. The maximum atomic E-state index is 13.1. The quantitative estimate of drug-likeness (QED) is 0.618. The second-order valence-electron chi connectivity index (χ2n) is 7.51. The van der Waals surface area contributed by atoms with Gasteiger partial charge in [0.1, 0.15) is 5.52 Å². The fourth-order valence-electron chi connectivity index (χ4n) is 3.61. The second kappa shape index (κ2) is 9.92. The van der Waals surface area contributed by atoms with Crippen LogP contribution in [0.5, 0.6) is 0 Å². The van der Waals surface area contributed by atoms with Crippen LogP contribution in [-0.2, 0) is 4.79 Å². The molecule has 0 radical (unpaired) electrons. The molecule has 3 aromatic rings. The van der Waals surface area contributed by atoms with Crippen molar-refractivity contribution in [3.8, 4) is 0 Å². The normalized spacial score (nSPS) is 14.2. The fraction of sp³-hybridized carbons (Fsp3) is 0.364. The maximum Gasteiger partial charge on any atom is 0.298 e. The van der Waals surface area contributed by atoms with Crippen molar-refractivity contribution in [2.24, 2.45) is 0 Å². The molecule has 1 aliphatic rings. The van der Waals surface area contributed by atoms with Gasteiger partial charge in [0.25, 0.3) is 18.4 Å². The first-order valence-corrected chi connectivity index (χ1v) is 10.2. The number of amides is 1.